The van der Waals surface area contributed by atoms with Gasteiger partial charge >= 0.3 is 121 Å². The first-order valence-corrected chi connectivity index (χ1v) is 7.07. The van der Waals surface area contributed by atoms with Crippen LogP contribution in [0.5, 0.6) is 0 Å². The van der Waals surface area contributed by atoms with Crippen LogP contribution in [0.4, 0.5) is 0 Å². The van der Waals surface area contributed by atoms with Crippen LogP contribution in [-0.4, -0.2) is 0 Å². The third kappa shape index (κ3) is 2.59. The molecule has 0 amide bonds. The van der Waals surface area contributed by atoms with Crippen molar-refractivity contribution in [3.63, 3.8) is 0 Å². The number of hydrogen-bond acceptors (Lipinski definition) is 0. The Balaban J connectivity index is 2.42. The number of rotatable bonds is 2. The summed E-state index contributed by atoms with van der Waals surface area (Å²) in [5.74, 6) is 0. The Hall–Kier alpha value is -0.0969. The molecule has 0 saturated carbocycles. The molecule has 0 fully saturated rings. The van der Waals surface area contributed by atoms with Gasteiger partial charge in [-0.25, -0.2) is 0 Å². The van der Waals surface area contributed by atoms with Gasteiger partial charge in [-0.1, -0.05) is 0 Å². The van der Waals surface area contributed by atoms with Gasteiger partial charge < -0.3 is 0 Å². The second-order valence-electron chi connectivity index (χ2n) is 3.49. The van der Waals surface area contributed by atoms with Gasteiger partial charge in [0.05, 0.1) is 0 Å². The molecule has 1 atom stereocenters. The summed E-state index contributed by atoms with van der Waals surface area (Å²) in [6, 6.07) is 16.2. The van der Waals surface area contributed by atoms with E-state index in [4.69, 9.17) is 23.2 Å². The van der Waals surface area contributed by atoms with E-state index in [1.54, 1.807) is 0 Å². The minimum atomic E-state index is 0.347. The van der Waals surface area contributed by atoms with Gasteiger partial charge in [-0.15, -0.1) is 0 Å². The van der Waals surface area contributed by atoms with Crippen molar-refractivity contribution in [1.82, 2.24) is 0 Å². The SMILES string of the molecule is Clc1cccc([CH]([Zr])c2ccccc2)c1Cl. The molecule has 0 aliphatic heterocycles. The van der Waals surface area contributed by atoms with Crippen molar-refractivity contribution in [3.8, 4) is 0 Å². The van der Waals surface area contributed by atoms with Crippen molar-refractivity contribution in [2.45, 2.75) is 3.63 Å². The first-order chi connectivity index (χ1) is 7.70. The molecule has 0 aromatic heterocycles. The summed E-state index contributed by atoms with van der Waals surface area (Å²) < 4.78 is 0.347. The summed E-state index contributed by atoms with van der Waals surface area (Å²) in [7, 11) is 0. The standard InChI is InChI=1S/C13H9Cl2.Zr/c14-12-8-4-7-11(13(12)15)9-10-5-2-1-3-6-10;/h1-9H;. The molecule has 1 unspecified atom stereocenters. The van der Waals surface area contributed by atoms with E-state index < -0.39 is 0 Å². The summed E-state index contributed by atoms with van der Waals surface area (Å²) in [6.45, 7) is 0. The van der Waals surface area contributed by atoms with Gasteiger partial charge in [0.2, 0.25) is 0 Å². The third-order valence-electron chi connectivity index (χ3n) is 2.43. The molecule has 3 heteroatoms. The van der Waals surface area contributed by atoms with E-state index in [2.05, 4.69) is 12.1 Å². The van der Waals surface area contributed by atoms with Crippen molar-refractivity contribution in [2.24, 2.45) is 0 Å². The molecule has 0 saturated heterocycles. The molecular weight excluding hydrogens is 318 g/mol. The molecule has 2 aromatic carbocycles. The van der Waals surface area contributed by atoms with Crippen LogP contribution in [0.15, 0.2) is 48.5 Å². The van der Waals surface area contributed by atoms with Crippen LogP contribution in [0.25, 0.3) is 0 Å². The first-order valence-electron chi connectivity index (χ1n) is 4.90. The molecule has 0 nitrogen and oxygen atoms in total. The summed E-state index contributed by atoms with van der Waals surface area (Å²) in [5.41, 5.74) is 2.39. The molecule has 0 radical (unpaired) electrons. The Morgan fingerprint density at radius 2 is 1.56 bits per heavy atom. The van der Waals surface area contributed by atoms with Crippen LogP contribution in [-0.2, 0) is 24.7 Å². The van der Waals surface area contributed by atoms with E-state index >= 15 is 0 Å². The maximum absolute atomic E-state index is 6.22. The normalized spacial score (nSPS) is 12.3. The second-order valence-corrected chi connectivity index (χ2v) is 5.69. The molecule has 16 heavy (non-hydrogen) atoms. The monoisotopic (exact) mass is 325 g/mol. The van der Waals surface area contributed by atoms with Gasteiger partial charge in [-0.05, 0) is 0 Å². The first kappa shape index (κ1) is 12.4. The zero-order valence-electron chi connectivity index (χ0n) is 8.45. The van der Waals surface area contributed by atoms with Crippen LogP contribution < -0.4 is 0 Å². The van der Waals surface area contributed by atoms with Crippen molar-refractivity contribution < 1.29 is 24.7 Å². The van der Waals surface area contributed by atoms with Gasteiger partial charge in [0, 0.05) is 0 Å². The quantitative estimate of drug-likeness (QED) is 0.754. The molecular formula is C13H9Cl2Zr. The number of halogens is 2. The average Bonchev–Trinajstić information content (AvgIpc) is 2.33. The minimum absolute atomic E-state index is 0.347. The fraction of sp³-hybridized carbons (Fsp3) is 0.0769. The molecule has 2 rings (SSSR count). The summed E-state index contributed by atoms with van der Waals surface area (Å²) in [4.78, 5) is 0. The van der Waals surface area contributed by atoms with Gasteiger partial charge in [-0.2, -0.15) is 0 Å². The molecule has 0 bridgehead atoms. The van der Waals surface area contributed by atoms with Crippen molar-refractivity contribution >= 4 is 23.2 Å². The van der Waals surface area contributed by atoms with E-state index in [1.165, 1.54) is 30.3 Å². The van der Waals surface area contributed by atoms with Gasteiger partial charge in [0.1, 0.15) is 0 Å². The number of benzene rings is 2. The maximum atomic E-state index is 6.22. The Morgan fingerprint density at radius 1 is 0.875 bits per heavy atom. The van der Waals surface area contributed by atoms with E-state index in [0.29, 0.717) is 13.7 Å². The Morgan fingerprint density at radius 3 is 2.25 bits per heavy atom. The van der Waals surface area contributed by atoms with E-state index in [0.717, 1.165) is 5.56 Å². The molecule has 0 spiro atoms. The van der Waals surface area contributed by atoms with Crippen LogP contribution >= 0.6 is 23.2 Å². The Labute approximate surface area is 120 Å². The van der Waals surface area contributed by atoms with Gasteiger partial charge in [-0.3, -0.25) is 0 Å². The van der Waals surface area contributed by atoms with Crippen molar-refractivity contribution in [3.05, 3.63) is 69.7 Å². The molecule has 0 heterocycles. The summed E-state index contributed by atoms with van der Waals surface area (Å²) >= 11 is 13.7. The zero-order chi connectivity index (χ0) is 11.5. The Kier molecular flexibility index (Phi) is 4.24. The van der Waals surface area contributed by atoms with E-state index in [-0.39, 0.29) is 0 Å². The Bertz CT molecular complexity index is 483. The molecule has 79 valence electrons. The predicted octanol–water partition coefficient (Wildman–Crippen LogP) is 4.63. The van der Waals surface area contributed by atoms with Crippen molar-refractivity contribution in [2.75, 3.05) is 0 Å². The van der Waals surface area contributed by atoms with Crippen LogP contribution in [0.1, 0.15) is 14.8 Å². The third-order valence-corrected chi connectivity index (χ3v) is 4.84. The van der Waals surface area contributed by atoms with E-state index in [1.807, 2.05) is 36.4 Å². The summed E-state index contributed by atoms with van der Waals surface area (Å²) in [5, 5.41) is 1.30. The molecule has 0 N–H and O–H groups in total. The van der Waals surface area contributed by atoms with Crippen LogP contribution in [0.2, 0.25) is 10.0 Å². The molecule has 2 aromatic rings. The zero-order valence-corrected chi connectivity index (χ0v) is 12.4. The predicted molar refractivity (Wildman–Crippen MR) is 64.7 cm³/mol. The van der Waals surface area contributed by atoms with Crippen LogP contribution in [0.3, 0.4) is 0 Å². The van der Waals surface area contributed by atoms with E-state index in [9.17, 15) is 0 Å². The van der Waals surface area contributed by atoms with Gasteiger partial charge in [0.15, 0.2) is 0 Å². The average molecular weight is 327 g/mol. The fourth-order valence-corrected chi connectivity index (χ4v) is 3.27. The van der Waals surface area contributed by atoms with Crippen molar-refractivity contribution in [1.29, 1.82) is 0 Å². The number of hydrogen-bond donors (Lipinski definition) is 0. The van der Waals surface area contributed by atoms with Crippen LogP contribution in [0, 0.1) is 0 Å². The fourth-order valence-electron chi connectivity index (χ4n) is 1.57. The van der Waals surface area contributed by atoms with Gasteiger partial charge in [0.25, 0.3) is 0 Å². The topological polar surface area (TPSA) is 0 Å². The molecule has 0 aliphatic rings. The second kappa shape index (κ2) is 5.49. The molecule has 0 aliphatic carbocycles. The summed E-state index contributed by atoms with van der Waals surface area (Å²) in [6.07, 6.45) is 0.